The van der Waals surface area contributed by atoms with Gasteiger partial charge in [-0.3, -0.25) is 4.79 Å². The molecule has 1 amide bonds. The molecule has 0 aliphatic rings. The fourth-order valence-electron chi connectivity index (χ4n) is 1.28. The lowest BCUT2D eigenvalue weighted by Crippen LogP contribution is -2.33. The molecule has 4 nitrogen and oxygen atoms in total. The van der Waals surface area contributed by atoms with Gasteiger partial charge >= 0.3 is 0 Å². The fourth-order valence-corrected chi connectivity index (χ4v) is 1.28. The maximum atomic E-state index is 11.9. The lowest BCUT2D eigenvalue weighted by molar-refractivity contribution is 0.0933. The van der Waals surface area contributed by atoms with Crippen LogP contribution in [0.25, 0.3) is 0 Å². The Morgan fingerprint density at radius 1 is 1.47 bits per heavy atom. The highest BCUT2D eigenvalue weighted by molar-refractivity contribution is 5.98. The first-order chi connectivity index (χ1) is 7.87. The fraction of sp³-hybridized carbons (Fsp3) is 0.462. The van der Waals surface area contributed by atoms with Crippen LogP contribution in [0.3, 0.4) is 0 Å². The number of rotatable bonds is 4. The average Bonchev–Trinajstić information content (AvgIpc) is 2.30. The third kappa shape index (κ3) is 3.37. The molecule has 1 aromatic rings. The molecule has 4 N–H and O–H groups in total. The van der Waals surface area contributed by atoms with E-state index in [1.807, 2.05) is 0 Å². The van der Waals surface area contributed by atoms with Crippen LogP contribution in [0, 0.1) is 5.41 Å². The summed E-state index contributed by atoms with van der Waals surface area (Å²) in [6, 6.07) is 4.76. The maximum Gasteiger partial charge on any atom is 0.255 e. The van der Waals surface area contributed by atoms with Gasteiger partial charge in [0, 0.05) is 6.54 Å². The van der Waals surface area contributed by atoms with Gasteiger partial charge in [-0.05, 0) is 24.0 Å². The van der Waals surface area contributed by atoms with Gasteiger partial charge in [0.05, 0.1) is 11.3 Å². The number of anilines is 1. The number of nitrogen functional groups attached to an aromatic ring is 1. The summed E-state index contributed by atoms with van der Waals surface area (Å²) < 4.78 is 0. The SMILES string of the molecule is CCC(C)(C)CNC(=O)c1cccc(N)c1O. The van der Waals surface area contributed by atoms with Crippen molar-refractivity contribution in [3.05, 3.63) is 23.8 Å². The molecule has 0 aliphatic carbocycles. The highest BCUT2D eigenvalue weighted by atomic mass is 16.3. The molecule has 0 aliphatic heterocycles. The van der Waals surface area contributed by atoms with Gasteiger partial charge in [-0.2, -0.15) is 0 Å². The molecular weight excluding hydrogens is 216 g/mol. The first kappa shape index (κ1) is 13.4. The van der Waals surface area contributed by atoms with E-state index in [4.69, 9.17) is 5.73 Å². The van der Waals surface area contributed by atoms with Crippen molar-refractivity contribution in [1.82, 2.24) is 5.32 Å². The first-order valence-corrected chi connectivity index (χ1v) is 5.73. The van der Waals surface area contributed by atoms with Crippen molar-refractivity contribution >= 4 is 11.6 Å². The zero-order chi connectivity index (χ0) is 13.1. The van der Waals surface area contributed by atoms with Crippen molar-refractivity contribution in [2.75, 3.05) is 12.3 Å². The Morgan fingerprint density at radius 2 is 2.12 bits per heavy atom. The Bertz CT molecular complexity index is 414. The summed E-state index contributed by atoms with van der Waals surface area (Å²) in [5.74, 6) is -0.448. The molecule has 0 spiro atoms. The second-order valence-electron chi connectivity index (χ2n) is 4.94. The minimum Gasteiger partial charge on any atom is -0.505 e. The van der Waals surface area contributed by atoms with Crippen molar-refractivity contribution in [2.45, 2.75) is 27.2 Å². The van der Waals surface area contributed by atoms with Gasteiger partial charge in [0.2, 0.25) is 0 Å². The number of nitrogens with one attached hydrogen (secondary N) is 1. The zero-order valence-electron chi connectivity index (χ0n) is 10.6. The van der Waals surface area contributed by atoms with E-state index in [1.165, 1.54) is 0 Å². The predicted molar refractivity (Wildman–Crippen MR) is 68.9 cm³/mol. The summed E-state index contributed by atoms with van der Waals surface area (Å²) in [6.07, 6.45) is 0.968. The van der Waals surface area contributed by atoms with Crippen LogP contribution in [-0.2, 0) is 0 Å². The van der Waals surface area contributed by atoms with E-state index < -0.39 is 0 Å². The van der Waals surface area contributed by atoms with Crippen LogP contribution in [0.15, 0.2) is 18.2 Å². The van der Waals surface area contributed by atoms with Crippen molar-refractivity contribution in [3.8, 4) is 5.75 Å². The molecule has 1 rings (SSSR count). The number of aromatic hydroxyl groups is 1. The Balaban J connectivity index is 2.74. The summed E-state index contributed by atoms with van der Waals surface area (Å²) in [5, 5.41) is 12.5. The van der Waals surface area contributed by atoms with Crippen molar-refractivity contribution in [2.24, 2.45) is 5.41 Å². The number of nitrogens with two attached hydrogens (primary N) is 1. The molecule has 94 valence electrons. The molecular formula is C13H20N2O2. The number of benzene rings is 1. The lowest BCUT2D eigenvalue weighted by atomic mass is 9.90. The molecule has 0 radical (unpaired) electrons. The van der Waals surface area contributed by atoms with E-state index in [0.29, 0.717) is 6.54 Å². The van der Waals surface area contributed by atoms with Crippen LogP contribution in [0.4, 0.5) is 5.69 Å². The summed E-state index contributed by atoms with van der Waals surface area (Å²) >= 11 is 0. The van der Waals surface area contributed by atoms with Crippen LogP contribution < -0.4 is 11.1 Å². The van der Waals surface area contributed by atoms with Crippen LogP contribution >= 0.6 is 0 Å². The van der Waals surface area contributed by atoms with Crippen LogP contribution in [0.1, 0.15) is 37.6 Å². The van der Waals surface area contributed by atoms with Gasteiger partial charge in [-0.25, -0.2) is 0 Å². The van der Waals surface area contributed by atoms with Crippen LogP contribution in [0.2, 0.25) is 0 Å². The Kier molecular flexibility index (Phi) is 3.99. The minimum absolute atomic E-state index is 0.0472. The standard InChI is InChI=1S/C13H20N2O2/c1-4-13(2,3)8-15-12(17)9-6-5-7-10(14)11(9)16/h5-7,16H,4,8,14H2,1-3H3,(H,15,17). The summed E-state index contributed by atoms with van der Waals surface area (Å²) in [6.45, 7) is 6.79. The minimum atomic E-state index is -0.295. The molecule has 0 fully saturated rings. The largest absolute Gasteiger partial charge is 0.505 e. The molecule has 0 saturated carbocycles. The molecule has 0 unspecified atom stereocenters. The number of amides is 1. The van der Waals surface area contributed by atoms with E-state index in [0.717, 1.165) is 6.42 Å². The third-order valence-electron chi connectivity index (χ3n) is 3.00. The molecule has 17 heavy (non-hydrogen) atoms. The number of hydrogen-bond acceptors (Lipinski definition) is 3. The summed E-state index contributed by atoms with van der Waals surface area (Å²) in [5.41, 5.74) is 6.02. The van der Waals surface area contributed by atoms with E-state index >= 15 is 0 Å². The van der Waals surface area contributed by atoms with Crippen LogP contribution in [-0.4, -0.2) is 17.6 Å². The topological polar surface area (TPSA) is 75.4 Å². The van der Waals surface area contributed by atoms with E-state index in [-0.39, 0.29) is 28.3 Å². The molecule has 0 aromatic heterocycles. The van der Waals surface area contributed by atoms with Gasteiger partial charge < -0.3 is 16.2 Å². The number of phenolic OH excluding ortho intramolecular Hbond substituents is 1. The summed E-state index contributed by atoms with van der Waals surface area (Å²) in [7, 11) is 0. The smallest absolute Gasteiger partial charge is 0.255 e. The Morgan fingerprint density at radius 3 is 2.71 bits per heavy atom. The molecule has 4 heteroatoms. The molecule has 0 heterocycles. The monoisotopic (exact) mass is 236 g/mol. The van der Waals surface area contributed by atoms with Crippen molar-refractivity contribution in [1.29, 1.82) is 0 Å². The lowest BCUT2D eigenvalue weighted by Gasteiger charge is -2.23. The van der Waals surface area contributed by atoms with E-state index in [1.54, 1.807) is 18.2 Å². The zero-order valence-corrected chi connectivity index (χ0v) is 10.6. The van der Waals surface area contributed by atoms with Gasteiger partial charge in [-0.15, -0.1) is 0 Å². The number of carbonyl (C=O) groups excluding carboxylic acids is 1. The Hall–Kier alpha value is -1.71. The van der Waals surface area contributed by atoms with Gasteiger partial charge in [0.25, 0.3) is 5.91 Å². The highest BCUT2D eigenvalue weighted by Gasteiger charge is 2.18. The van der Waals surface area contributed by atoms with Crippen LogP contribution in [0.5, 0.6) is 5.75 Å². The van der Waals surface area contributed by atoms with Gasteiger partial charge in [-0.1, -0.05) is 26.8 Å². The van der Waals surface area contributed by atoms with Gasteiger partial charge in [0.1, 0.15) is 0 Å². The number of phenols is 1. The average molecular weight is 236 g/mol. The number of hydrogen-bond donors (Lipinski definition) is 3. The predicted octanol–water partition coefficient (Wildman–Crippen LogP) is 2.14. The number of para-hydroxylation sites is 1. The normalized spacial score (nSPS) is 11.2. The highest BCUT2D eigenvalue weighted by Crippen LogP contribution is 2.24. The molecule has 0 saturated heterocycles. The number of carbonyl (C=O) groups is 1. The van der Waals surface area contributed by atoms with E-state index in [9.17, 15) is 9.90 Å². The maximum absolute atomic E-state index is 11.9. The molecule has 0 bridgehead atoms. The summed E-state index contributed by atoms with van der Waals surface area (Å²) in [4.78, 5) is 11.9. The Labute approximate surface area is 102 Å². The quantitative estimate of drug-likeness (QED) is 0.554. The van der Waals surface area contributed by atoms with Crippen molar-refractivity contribution in [3.63, 3.8) is 0 Å². The van der Waals surface area contributed by atoms with Gasteiger partial charge in [0.15, 0.2) is 5.75 Å². The third-order valence-corrected chi connectivity index (χ3v) is 3.00. The van der Waals surface area contributed by atoms with E-state index in [2.05, 4.69) is 26.1 Å². The second-order valence-corrected chi connectivity index (χ2v) is 4.94. The molecule has 1 aromatic carbocycles. The second kappa shape index (κ2) is 5.08. The molecule has 0 atom stereocenters. The first-order valence-electron chi connectivity index (χ1n) is 5.73. The van der Waals surface area contributed by atoms with Crippen molar-refractivity contribution < 1.29 is 9.90 Å².